The van der Waals surface area contributed by atoms with Gasteiger partial charge in [0, 0.05) is 18.7 Å². The SMILES string of the molecule is O=C(NCC1CCCS1(=O)=O)c1cc([N+](=O)[O-])ccc1F. The van der Waals surface area contributed by atoms with Crippen molar-refractivity contribution in [1.29, 1.82) is 0 Å². The Morgan fingerprint density at radius 3 is 2.76 bits per heavy atom. The van der Waals surface area contributed by atoms with Crippen LogP contribution in [0.2, 0.25) is 0 Å². The second kappa shape index (κ2) is 5.76. The van der Waals surface area contributed by atoms with E-state index in [1.807, 2.05) is 0 Å². The van der Waals surface area contributed by atoms with Gasteiger partial charge in [0.15, 0.2) is 9.84 Å². The van der Waals surface area contributed by atoms with Crippen molar-refractivity contribution in [1.82, 2.24) is 5.32 Å². The molecule has 1 amide bonds. The topological polar surface area (TPSA) is 106 Å². The fourth-order valence-electron chi connectivity index (χ4n) is 2.19. The largest absolute Gasteiger partial charge is 0.351 e. The third-order valence-corrected chi connectivity index (χ3v) is 5.63. The smallest absolute Gasteiger partial charge is 0.270 e. The van der Waals surface area contributed by atoms with Gasteiger partial charge >= 0.3 is 0 Å². The Balaban J connectivity index is 2.10. The fraction of sp³-hybridized carbons (Fsp3) is 0.417. The molecule has 1 unspecified atom stereocenters. The average Bonchev–Trinajstić information content (AvgIpc) is 2.75. The van der Waals surface area contributed by atoms with E-state index in [0.29, 0.717) is 12.8 Å². The minimum atomic E-state index is -3.21. The van der Waals surface area contributed by atoms with Crippen LogP contribution in [0, 0.1) is 15.9 Å². The molecular weight excluding hydrogens is 303 g/mol. The molecule has 1 aliphatic heterocycles. The highest BCUT2D eigenvalue weighted by Crippen LogP contribution is 2.20. The molecule has 1 fully saturated rings. The molecule has 1 aromatic rings. The lowest BCUT2D eigenvalue weighted by molar-refractivity contribution is -0.384. The van der Waals surface area contributed by atoms with Gasteiger partial charge in [-0.2, -0.15) is 0 Å². The minimum absolute atomic E-state index is 0.0821. The summed E-state index contributed by atoms with van der Waals surface area (Å²) < 4.78 is 36.7. The first-order chi connectivity index (χ1) is 9.81. The molecular formula is C12H13FN2O5S. The van der Waals surface area contributed by atoms with Crippen molar-refractivity contribution < 1.29 is 22.5 Å². The summed E-state index contributed by atoms with van der Waals surface area (Å²) in [5.41, 5.74) is -0.880. The Morgan fingerprint density at radius 2 is 2.19 bits per heavy atom. The maximum absolute atomic E-state index is 13.5. The van der Waals surface area contributed by atoms with Crippen LogP contribution in [0.1, 0.15) is 23.2 Å². The van der Waals surface area contributed by atoms with Crippen molar-refractivity contribution in [2.24, 2.45) is 0 Å². The Hall–Kier alpha value is -2.03. The Bertz CT molecular complexity index is 689. The molecule has 0 bridgehead atoms. The number of benzene rings is 1. The number of non-ortho nitro benzene ring substituents is 1. The van der Waals surface area contributed by atoms with Crippen LogP contribution < -0.4 is 5.32 Å². The van der Waals surface area contributed by atoms with Gasteiger partial charge < -0.3 is 5.32 Å². The first kappa shape index (κ1) is 15.4. The molecule has 7 nitrogen and oxygen atoms in total. The van der Waals surface area contributed by atoms with E-state index in [-0.39, 0.29) is 12.3 Å². The van der Waals surface area contributed by atoms with E-state index in [1.165, 1.54) is 0 Å². The van der Waals surface area contributed by atoms with Crippen molar-refractivity contribution in [2.45, 2.75) is 18.1 Å². The van der Waals surface area contributed by atoms with Gasteiger partial charge in [0.2, 0.25) is 0 Å². The van der Waals surface area contributed by atoms with E-state index in [0.717, 1.165) is 18.2 Å². The van der Waals surface area contributed by atoms with E-state index in [1.54, 1.807) is 0 Å². The second-order valence-electron chi connectivity index (χ2n) is 4.76. The lowest BCUT2D eigenvalue weighted by atomic mass is 10.1. The highest BCUT2D eigenvalue weighted by atomic mass is 32.2. The highest BCUT2D eigenvalue weighted by Gasteiger charge is 2.31. The molecule has 0 aromatic heterocycles. The van der Waals surface area contributed by atoms with Crippen LogP contribution in [-0.2, 0) is 9.84 Å². The van der Waals surface area contributed by atoms with Gasteiger partial charge in [-0.3, -0.25) is 14.9 Å². The summed E-state index contributed by atoms with van der Waals surface area (Å²) in [6.45, 7) is -0.122. The van der Waals surface area contributed by atoms with E-state index < -0.39 is 43.0 Å². The Labute approximate surface area is 120 Å². The molecule has 1 aliphatic rings. The number of nitrogens with one attached hydrogen (secondary N) is 1. The van der Waals surface area contributed by atoms with E-state index >= 15 is 0 Å². The molecule has 21 heavy (non-hydrogen) atoms. The zero-order valence-electron chi connectivity index (χ0n) is 10.9. The Kier molecular flexibility index (Phi) is 4.21. The fourth-order valence-corrected chi connectivity index (χ4v) is 3.96. The van der Waals surface area contributed by atoms with E-state index in [2.05, 4.69) is 5.32 Å². The number of hydrogen-bond donors (Lipinski definition) is 1. The summed E-state index contributed by atoms with van der Waals surface area (Å²) >= 11 is 0. The molecule has 9 heteroatoms. The molecule has 0 aliphatic carbocycles. The van der Waals surface area contributed by atoms with E-state index in [4.69, 9.17) is 0 Å². The van der Waals surface area contributed by atoms with Gasteiger partial charge in [0.05, 0.1) is 21.5 Å². The van der Waals surface area contributed by atoms with Crippen LogP contribution in [0.15, 0.2) is 18.2 Å². The van der Waals surface area contributed by atoms with Crippen molar-refractivity contribution in [2.75, 3.05) is 12.3 Å². The minimum Gasteiger partial charge on any atom is -0.351 e. The van der Waals surface area contributed by atoms with Crippen molar-refractivity contribution in [3.8, 4) is 0 Å². The summed E-state index contributed by atoms with van der Waals surface area (Å²) in [4.78, 5) is 21.7. The number of nitro benzene ring substituents is 1. The third kappa shape index (κ3) is 3.35. The zero-order chi connectivity index (χ0) is 15.6. The number of amides is 1. The third-order valence-electron chi connectivity index (χ3n) is 3.36. The number of hydrogen-bond acceptors (Lipinski definition) is 5. The summed E-state index contributed by atoms with van der Waals surface area (Å²) in [7, 11) is -3.21. The van der Waals surface area contributed by atoms with Crippen LogP contribution in [0.5, 0.6) is 0 Å². The first-order valence-electron chi connectivity index (χ1n) is 6.25. The van der Waals surface area contributed by atoms with E-state index in [9.17, 15) is 27.7 Å². The lowest BCUT2D eigenvalue weighted by Crippen LogP contribution is -2.35. The van der Waals surface area contributed by atoms with Crippen LogP contribution in [0.3, 0.4) is 0 Å². The number of carbonyl (C=O) groups excluding carboxylic acids is 1. The summed E-state index contributed by atoms with van der Waals surface area (Å²) in [5, 5.41) is 12.3. The second-order valence-corrected chi connectivity index (χ2v) is 7.16. The quantitative estimate of drug-likeness (QED) is 0.660. The normalized spacial score (nSPS) is 20.1. The van der Waals surface area contributed by atoms with Gasteiger partial charge in [0.25, 0.3) is 11.6 Å². The van der Waals surface area contributed by atoms with Crippen LogP contribution >= 0.6 is 0 Å². The number of rotatable bonds is 4. The molecule has 114 valence electrons. The lowest BCUT2D eigenvalue weighted by Gasteiger charge is -2.11. The summed E-state index contributed by atoms with van der Waals surface area (Å²) in [5.74, 6) is -1.68. The molecule has 0 spiro atoms. The molecule has 2 rings (SSSR count). The van der Waals surface area contributed by atoms with Gasteiger partial charge in [-0.15, -0.1) is 0 Å². The number of halogens is 1. The molecule has 1 N–H and O–H groups in total. The predicted molar refractivity (Wildman–Crippen MR) is 72.2 cm³/mol. The van der Waals surface area contributed by atoms with Gasteiger partial charge in [-0.25, -0.2) is 12.8 Å². The zero-order valence-corrected chi connectivity index (χ0v) is 11.7. The maximum Gasteiger partial charge on any atom is 0.270 e. The summed E-state index contributed by atoms with van der Waals surface area (Å²) in [6, 6.07) is 2.61. The van der Waals surface area contributed by atoms with Crippen LogP contribution in [0.4, 0.5) is 10.1 Å². The first-order valence-corrected chi connectivity index (χ1v) is 7.96. The maximum atomic E-state index is 13.5. The van der Waals surface area contributed by atoms with Crippen molar-refractivity contribution in [3.63, 3.8) is 0 Å². The predicted octanol–water partition coefficient (Wildman–Crippen LogP) is 1.04. The molecule has 1 saturated heterocycles. The molecule has 1 heterocycles. The monoisotopic (exact) mass is 316 g/mol. The average molecular weight is 316 g/mol. The number of sulfone groups is 1. The number of nitrogens with zero attached hydrogens (tertiary/aromatic N) is 1. The summed E-state index contributed by atoms with van der Waals surface area (Å²) in [6.07, 6.45) is 0.980. The Morgan fingerprint density at radius 1 is 1.48 bits per heavy atom. The standard InChI is InChI=1S/C12H13FN2O5S/c13-11-4-3-8(15(17)18)6-10(11)12(16)14-7-9-2-1-5-21(9,19)20/h3-4,6,9H,1-2,5,7H2,(H,14,16). The van der Waals surface area contributed by atoms with Gasteiger partial charge in [0.1, 0.15) is 5.82 Å². The number of carbonyl (C=O) groups is 1. The number of nitro groups is 1. The van der Waals surface area contributed by atoms with Gasteiger partial charge in [-0.05, 0) is 18.9 Å². The molecule has 0 radical (unpaired) electrons. The van der Waals surface area contributed by atoms with Crippen molar-refractivity contribution in [3.05, 3.63) is 39.7 Å². The highest BCUT2D eigenvalue weighted by molar-refractivity contribution is 7.92. The molecule has 0 saturated carbocycles. The van der Waals surface area contributed by atoms with Crippen molar-refractivity contribution >= 4 is 21.4 Å². The molecule has 1 atom stereocenters. The van der Waals surface area contributed by atoms with Crippen LogP contribution in [0.25, 0.3) is 0 Å². The van der Waals surface area contributed by atoms with Gasteiger partial charge in [-0.1, -0.05) is 0 Å². The molecule has 1 aromatic carbocycles. The van der Waals surface area contributed by atoms with Crippen LogP contribution in [-0.4, -0.2) is 36.8 Å².